The number of carbonyl (C=O) groups is 2. The van der Waals surface area contributed by atoms with Crippen molar-refractivity contribution in [3.05, 3.63) is 0 Å². The zero-order valence-corrected chi connectivity index (χ0v) is 12.1. The molecule has 0 aromatic rings. The normalized spacial score (nSPS) is 27.8. The Balaban J connectivity index is 1.75. The summed E-state index contributed by atoms with van der Waals surface area (Å²) in [4.78, 5) is 27.2. The van der Waals surface area contributed by atoms with Gasteiger partial charge in [-0.1, -0.05) is 0 Å². The van der Waals surface area contributed by atoms with E-state index in [0.717, 1.165) is 19.4 Å². The highest BCUT2D eigenvalue weighted by Gasteiger charge is 2.42. The van der Waals surface area contributed by atoms with Crippen molar-refractivity contribution >= 4 is 11.9 Å². The first-order valence-electron chi connectivity index (χ1n) is 7.38. The van der Waals surface area contributed by atoms with Crippen LogP contribution in [0.5, 0.6) is 0 Å². The summed E-state index contributed by atoms with van der Waals surface area (Å²) in [5.41, 5.74) is -0.748. The van der Waals surface area contributed by atoms with Gasteiger partial charge in [0.1, 0.15) is 5.54 Å². The molecule has 2 saturated heterocycles. The second kappa shape index (κ2) is 6.54. The third-order valence-corrected chi connectivity index (χ3v) is 4.43. The molecule has 2 aliphatic heterocycles. The van der Waals surface area contributed by atoms with Gasteiger partial charge < -0.3 is 14.7 Å². The Morgan fingerprint density at radius 3 is 2.60 bits per heavy atom. The zero-order chi connectivity index (χ0) is 14.6. The van der Waals surface area contributed by atoms with Crippen molar-refractivity contribution in [3.8, 4) is 0 Å². The lowest BCUT2D eigenvalue weighted by atomic mass is 9.99. The monoisotopic (exact) mass is 284 g/mol. The van der Waals surface area contributed by atoms with Crippen LogP contribution >= 0.6 is 0 Å². The van der Waals surface area contributed by atoms with Gasteiger partial charge in [0.25, 0.3) is 0 Å². The van der Waals surface area contributed by atoms with E-state index in [1.165, 1.54) is 0 Å². The molecule has 20 heavy (non-hydrogen) atoms. The first kappa shape index (κ1) is 15.3. The van der Waals surface area contributed by atoms with Crippen molar-refractivity contribution in [2.75, 3.05) is 39.4 Å². The number of hydrogen-bond donors (Lipinski definition) is 1. The first-order valence-corrected chi connectivity index (χ1v) is 7.38. The maximum atomic E-state index is 12.0. The van der Waals surface area contributed by atoms with E-state index in [9.17, 15) is 14.7 Å². The van der Waals surface area contributed by atoms with Gasteiger partial charge in [0.05, 0.1) is 13.2 Å². The SMILES string of the molecule is CC1(C(=O)O)CCCN1CCCC(=O)N1CCOCC1. The van der Waals surface area contributed by atoms with Gasteiger partial charge in [0, 0.05) is 19.5 Å². The topological polar surface area (TPSA) is 70.1 Å². The summed E-state index contributed by atoms with van der Waals surface area (Å²) in [6.45, 7) is 5.87. The average Bonchev–Trinajstić information content (AvgIpc) is 2.82. The van der Waals surface area contributed by atoms with Crippen LogP contribution in [0.2, 0.25) is 0 Å². The molecule has 0 aliphatic carbocycles. The highest BCUT2D eigenvalue weighted by atomic mass is 16.5. The number of rotatable bonds is 5. The van der Waals surface area contributed by atoms with Crippen LogP contribution in [0.25, 0.3) is 0 Å². The van der Waals surface area contributed by atoms with Crippen molar-refractivity contribution in [2.45, 2.75) is 38.1 Å². The van der Waals surface area contributed by atoms with Gasteiger partial charge in [0.2, 0.25) is 5.91 Å². The van der Waals surface area contributed by atoms with Crippen molar-refractivity contribution < 1.29 is 19.4 Å². The maximum absolute atomic E-state index is 12.0. The molecule has 0 saturated carbocycles. The molecule has 2 heterocycles. The Labute approximate surface area is 119 Å². The number of amides is 1. The molecular weight excluding hydrogens is 260 g/mol. The maximum Gasteiger partial charge on any atom is 0.323 e. The van der Waals surface area contributed by atoms with Crippen molar-refractivity contribution in [3.63, 3.8) is 0 Å². The van der Waals surface area contributed by atoms with Crippen molar-refractivity contribution in [1.29, 1.82) is 0 Å². The fraction of sp³-hybridized carbons (Fsp3) is 0.857. The van der Waals surface area contributed by atoms with Crippen molar-refractivity contribution in [1.82, 2.24) is 9.80 Å². The summed E-state index contributed by atoms with van der Waals surface area (Å²) in [6, 6.07) is 0. The molecule has 1 unspecified atom stereocenters. The lowest BCUT2D eigenvalue weighted by Crippen LogP contribution is -2.48. The minimum absolute atomic E-state index is 0.157. The minimum Gasteiger partial charge on any atom is -0.480 e. The van der Waals surface area contributed by atoms with E-state index in [-0.39, 0.29) is 5.91 Å². The zero-order valence-electron chi connectivity index (χ0n) is 12.1. The number of carboxylic acids is 1. The van der Waals surface area contributed by atoms with Crippen LogP contribution in [0, 0.1) is 0 Å². The van der Waals surface area contributed by atoms with Crippen LogP contribution in [0.3, 0.4) is 0 Å². The Hall–Kier alpha value is -1.14. The Morgan fingerprint density at radius 1 is 1.25 bits per heavy atom. The Bertz CT molecular complexity index is 368. The molecule has 6 nitrogen and oxygen atoms in total. The number of carboxylic acid groups (broad SMARTS) is 1. The van der Waals surface area contributed by atoms with Gasteiger partial charge in [-0.2, -0.15) is 0 Å². The number of likely N-dealkylation sites (tertiary alicyclic amines) is 1. The molecule has 0 aromatic carbocycles. The first-order chi connectivity index (χ1) is 9.54. The molecule has 2 fully saturated rings. The largest absolute Gasteiger partial charge is 0.480 e. The molecule has 0 bridgehead atoms. The van der Waals surface area contributed by atoms with E-state index in [1.807, 2.05) is 9.80 Å². The molecule has 1 N–H and O–H groups in total. The number of nitrogens with zero attached hydrogens (tertiary/aromatic N) is 2. The minimum atomic E-state index is -0.755. The van der Waals surface area contributed by atoms with E-state index in [0.29, 0.717) is 45.7 Å². The van der Waals surface area contributed by atoms with Crippen LogP contribution in [-0.2, 0) is 14.3 Å². The van der Waals surface area contributed by atoms with E-state index in [1.54, 1.807) is 6.92 Å². The van der Waals surface area contributed by atoms with Crippen LogP contribution in [-0.4, -0.2) is 71.7 Å². The fourth-order valence-corrected chi connectivity index (χ4v) is 3.01. The van der Waals surface area contributed by atoms with E-state index in [4.69, 9.17) is 4.74 Å². The van der Waals surface area contributed by atoms with Gasteiger partial charge in [-0.15, -0.1) is 0 Å². The van der Waals surface area contributed by atoms with E-state index < -0.39 is 11.5 Å². The van der Waals surface area contributed by atoms with Gasteiger partial charge in [-0.3, -0.25) is 14.5 Å². The summed E-state index contributed by atoms with van der Waals surface area (Å²) in [7, 11) is 0. The standard InChI is InChI=1S/C14H24N2O4/c1-14(13(18)19)5-3-7-16(14)6-2-4-12(17)15-8-10-20-11-9-15/h2-11H2,1H3,(H,18,19). The predicted octanol–water partition coefficient (Wildman–Crippen LogP) is 0.565. The smallest absolute Gasteiger partial charge is 0.323 e. The van der Waals surface area contributed by atoms with Crippen LogP contribution in [0.1, 0.15) is 32.6 Å². The fourth-order valence-electron chi connectivity index (χ4n) is 3.01. The Morgan fingerprint density at radius 2 is 1.95 bits per heavy atom. The van der Waals surface area contributed by atoms with Crippen LogP contribution < -0.4 is 0 Å². The second-order valence-corrected chi connectivity index (χ2v) is 5.77. The molecule has 1 amide bonds. The molecule has 2 aliphatic rings. The lowest BCUT2D eigenvalue weighted by molar-refractivity contribution is -0.148. The third kappa shape index (κ3) is 3.30. The summed E-state index contributed by atoms with van der Waals surface area (Å²) < 4.78 is 5.22. The molecule has 1 atom stereocenters. The second-order valence-electron chi connectivity index (χ2n) is 5.77. The number of aliphatic carboxylic acids is 1. The van der Waals surface area contributed by atoms with Crippen molar-refractivity contribution in [2.24, 2.45) is 0 Å². The highest BCUT2D eigenvalue weighted by Crippen LogP contribution is 2.29. The van der Waals surface area contributed by atoms with Gasteiger partial charge >= 0.3 is 5.97 Å². The third-order valence-electron chi connectivity index (χ3n) is 4.43. The van der Waals surface area contributed by atoms with E-state index in [2.05, 4.69) is 0 Å². The average molecular weight is 284 g/mol. The molecule has 2 rings (SSSR count). The number of hydrogen-bond acceptors (Lipinski definition) is 4. The highest BCUT2D eigenvalue weighted by molar-refractivity contribution is 5.78. The number of carbonyl (C=O) groups excluding carboxylic acids is 1. The summed E-state index contributed by atoms with van der Waals surface area (Å²) in [5, 5.41) is 9.32. The van der Waals surface area contributed by atoms with Gasteiger partial charge in [0.15, 0.2) is 0 Å². The number of morpholine rings is 1. The summed E-state index contributed by atoms with van der Waals surface area (Å²) in [6.07, 6.45) is 2.82. The molecular formula is C14H24N2O4. The molecule has 6 heteroatoms. The van der Waals surface area contributed by atoms with Crippen LogP contribution in [0.4, 0.5) is 0 Å². The molecule has 0 aromatic heterocycles. The number of ether oxygens (including phenoxy) is 1. The van der Waals surface area contributed by atoms with E-state index >= 15 is 0 Å². The summed E-state index contributed by atoms with van der Waals surface area (Å²) >= 11 is 0. The predicted molar refractivity (Wildman–Crippen MR) is 73.5 cm³/mol. The van der Waals surface area contributed by atoms with Gasteiger partial charge in [-0.25, -0.2) is 0 Å². The lowest BCUT2D eigenvalue weighted by Gasteiger charge is -2.31. The Kier molecular flexibility index (Phi) is 4.99. The van der Waals surface area contributed by atoms with Crippen LogP contribution in [0.15, 0.2) is 0 Å². The molecule has 114 valence electrons. The van der Waals surface area contributed by atoms with Gasteiger partial charge in [-0.05, 0) is 39.3 Å². The quantitative estimate of drug-likeness (QED) is 0.799. The summed E-state index contributed by atoms with van der Waals surface area (Å²) in [5.74, 6) is -0.598. The molecule has 0 spiro atoms. The molecule has 0 radical (unpaired) electrons.